The first-order valence-corrected chi connectivity index (χ1v) is 19.1. The quantitative estimate of drug-likeness (QED) is 0.129. The van der Waals surface area contributed by atoms with Gasteiger partial charge in [0.2, 0.25) is 0 Å². The zero-order chi connectivity index (χ0) is 32.8. The van der Waals surface area contributed by atoms with E-state index in [-0.39, 0.29) is 10.8 Å². The third kappa shape index (κ3) is 6.18. The highest BCUT2D eigenvalue weighted by Gasteiger charge is 2.32. The Morgan fingerprint density at radius 1 is 0.468 bits per heavy atom. The maximum Gasteiger partial charge on any atom is 0.255 e. The molecule has 0 saturated heterocycles. The van der Waals surface area contributed by atoms with Gasteiger partial charge in [0.05, 0.1) is 0 Å². The summed E-state index contributed by atoms with van der Waals surface area (Å²) in [5.74, 6) is 0. The van der Waals surface area contributed by atoms with Crippen molar-refractivity contribution in [3.8, 4) is 0 Å². The summed E-state index contributed by atoms with van der Waals surface area (Å²) in [7, 11) is -1.67. The first kappa shape index (κ1) is 31.5. The summed E-state index contributed by atoms with van der Waals surface area (Å²) in [4.78, 5) is 0. The van der Waals surface area contributed by atoms with Gasteiger partial charge >= 0.3 is 0 Å². The molecule has 3 aromatic heterocycles. The molecule has 234 valence electrons. The fraction of sp³-hybridized carbons (Fsp3) is 0.186. The summed E-state index contributed by atoms with van der Waals surface area (Å²) >= 11 is 0. The molecule has 7 aromatic rings. The molecule has 0 spiro atoms. The van der Waals surface area contributed by atoms with Crippen molar-refractivity contribution in [2.24, 2.45) is 0 Å². The molecule has 4 aromatic carbocycles. The fourth-order valence-electron chi connectivity index (χ4n) is 6.28. The zero-order valence-corrected chi connectivity index (χ0v) is 30.0. The van der Waals surface area contributed by atoms with Gasteiger partial charge in [0, 0.05) is 15.8 Å². The number of imidazole rings is 1. The lowest BCUT2D eigenvalue weighted by Crippen LogP contribution is -2.42. The molecule has 0 fully saturated rings. The molecule has 0 saturated carbocycles. The molecule has 2 nitrogen and oxygen atoms in total. The second-order valence-electron chi connectivity index (χ2n) is 14.3. The van der Waals surface area contributed by atoms with Gasteiger partial charge < -0.3 is 0 Å². The van der Waals surface area contributed by atoms with Crippen LogP contribution in [0.5, 0.6) is 0 Å². The van der Waals surface area contributed by atoms with Crippen LogP contribution >= 0.6 is 15.8 Å². The number of hydrogen-bond donors (Lipinski definition) is 0. The van der Waals surface area contributed by atoms with Gasteiger partial charge in [-0.25, -0.2) is 0 Å². The minimum Gasteiger partial charge on any atom is -0.194 e. The highest BCUT2D eigenvalue weighted by atomic mass is 31.1. The first-order chi connectivity index (χ1) is 22.6. The minimum atomic E-state index is -0.834. The molecule has 0 atom stereocenters. The second-order valence-corrected chi connectivity index (χ2v) is 18.7. The zero-order valence-electron chi connectivity index (χ0n) is 28.2. The monoisotopic (exact) mass is 649 g/mol. The standard InChI is InChI=1S/C43H43N2P2/c1-42(2,3)32-27-38-39-28-33(43(4,5)6)30-41(47(36-23-15-9-16-24-36)37-25-17-10-18-26-37)45(39)31-44(38)40(29-32)46(34-19-11-7-12-20-34)35-21-13-8-14-22-35/h7-31H,1-6H3/q+1. The topological polar surface area (TPSA) is 8.51 Å². The van der Waals surface area contributed by atoms with E-state index in [4.69, 9.17) is 0 Å². The number of nitrogens with zero attached hydrogens (tertiary/aromatic N) is 2. The van der Waals surface area contributed by atoms with Crippen LogP contribution in [0.4, 0.5) is 0 Å². The molecule has 7 rings (SSSR count). The molecule has 0 aliphatic rings. The average Bonchev–Trinajstić information content (AvgIpc) is 3.45. The summed E-state index contributed by atoms with van der Waals surface area (Å²) in [5.41, 5.74) is 7.89. The lowest BCUT2D eigenvalue weighted by atomic mass is 9.86. The molecule has 0 amide bonds. The molecule has 47 heavy (non-hydrogen) atoms. The molecular formula is C43H43N2P2+. The van der Waals surface area contributed by atoms with Crippen molar-refractivity contribution >= 4 is 59.0 Å². The third-order valence-corrected chi connectivity index (χ3v) is 13.8. The van der Waals surface area contributed by atoms with Gasteiger partial charge in [-0.1, -0.05) is 163 Å². The van der Waals surface area contributed by atoms with Crippen LogP contribution in [0.25, 0.3) is 11.0 Å². The molecule has 0 bridgehead atoms. The van der Waals surface area contributed by atoms with Gasteiger partial charge in [0.25, 0.3) is 6.33 Å². The van der Waals surface area contributed by atoms with E-state index in [0.29, 0.717) is 0 Å². The molecule has 0 radical (unpaired) electrons. The van der Waals surface area contributed by atoms with Crippen molar-refractivity contribution in [1.82, 2.24) is 4.40 Å². The van der Waals surface area contributed by atoms with Gasteiger partial charge in [-0.05, 0) is 67.4 Å². The van der Waals surface area contributed by atoms with Gasteiger partial charge in [0.1, 0.15) is 10.9 Å². The Morgan fingerprint density at radius 2 is 0.872 bits per heavy atom. The van der Waals surface area contributed by atoms with Crippen LogP contribution in [0.1, 0.15) is 52.7 Å². The van der Waals surface area contributed by atoms with Crippen LogP contribution in [0, 0.1) is 0 Å². The molecule has 0 unspecified atom stereocenters. The van der Waals surface area contributed by atoms with Crippen LogP contribution in [0.2, 0.25) is 0 Å². The number of hydrogen-bond acceptors (Lipinski definition) is 0. The molecule has 0 aliphatic heterocycles. The number of rotatable bonds is 6. The lowest BCUT2D eigenvalue weighted by molar-refractivity contribution is -0.490. The Kier molecular flexibility index (Phi) is 8.38. The Morgan fingerprint density at radius 3 is 1.30 bits per heavy atom. The Hall–Kier alpha value is -4.09. The summed E-state index contributed by atoms with van der Waals surface area (Å²) < 4.78 is 5.02. The van der Waals surface area contributed by atoms with E-state index in [9.17, 15) is 0 Å². The van der Waals surface area contributed by atoms with Crippen molar-refractivity contribution in [2.75, 3.05) is 0 Å². The van der Waals surface area contributed by atoms with E-state index in [1.807, 2.05) is 0 Å². The fourth-order valence-corrected chi connectivity index (χ4v) is 11.1. The second kappa shape index (κ2) is 12.5. The van der Waals surface area contributed by atoms with Gasteiger partial charge in [0.15, 0.2) is 11.0 Å². The predicted molar refractivity (Wildman–Crippen MR) is 205 cm³/mol. The van der Waals surface area contributed by atoms with Gasteiger partial charge in [-0.15, -0.1) is 0 Å². The van der Waals surface area contributed by atoms with E-state index in [0.717, 1.165) is 0 Å². The average molecular weight is 650 g/mol. The number of pyridine rings is 2. The van der Waals surface area contributed by atoms with E-state index in [1.165, 1.54) is 54.2 Å². The van der Waals surface area contributed by atoms with Gasteiger partial charge in [-0.2, -0.15) is 8.80 Å². The lowest BCUT2D eigenvalue weighted by Gasteiger charge is -2.23. The van der Waals surface area contributed by atoms with E-state index < -0.39 is 15.8 Å². The number of aromatic nitrogens is 2. The Balaban J connectivity index is 1.62. The SMILES string of the molecule is CC(C)(C)c1cc(P(c2ccccc2)c2ccccc2)n2c[n+]3c(P(c4ccccc4)c4ccccc4)cc(C(C)(C)C)cc3c2c1. The normalized spacial score (nSPS) is 12.4. The maximum absolute atomic E-state index is 2.51. The van der Waals surface area contributed by atoms with Crippen molar-refractivity contribution in [2.45, 2.75) is 52.4 Å². The van der Waals surface area contributed by atoms with Crippen LogP contribution in [-0.2, 0) is 10.8 Å². The van der Waals surface area contributed by atoms with E-state index in [2.05, 4.69) is 202 Å². The van der Waals surface area contributed by atoms with Gasteiger partial charge in [-0.3, -0.25) is 0 Å². The van der Waals surface area contributed by atoms with Crippen molar-refractivity contribution < 1.29 is 4.40 Å². The van der Waals surface area contributed by atoms with Crippen LogP contribution in [-0.4, -0.2) is 4.40 Å². The molecule has 4 heteroatoms. The molecule has 3 heterocycles. The Labute approximate surface area is 282 Å². The van der Waals surface area contributed by atoms with Crippen molar-refractivity contribution in [3.05, 3.63) is 163 Å². The number of fused-ring (bicyclic) bond motifs is 3. The summed E-state index contributed by atoms with van der Waals surface area (Å²) in [6.07, 6.45) is 2.39. The largest absolute Gasteiger partial charge is 0.255 e. The molecule has 0 aliphatic carbocycles. The van der Waals surface area contributed by atoms with Crippen molar-refractivity contribution in [1.29, 1.82) is 0 Å². The Bertz CT molecular complexity index is 1910. The van der Waals surface area contributed by atoms with Crippen LogP contribution in [0.3, 0.4) is 0 Å². The first-order valence-electron chi connectivity index (χ1n) is 16.5. The predicted octanol–water partition coefficient (Wildman–Crippen LogP) is 7.79. The van der Waals surface area contributed by atoms with E-state index in [1.54, 1.807) is 0 Å². The molecule has 0 N–H and O–H groups in total. The summed E-state index contributed by atoms with van der Waals surface area (Å²) in [5, 5.41) is 5.43. The summed E-state index contributed by atoms with van der Waals surface area (Å²) in [6, 6.07) is 54.2. The third-order valence-electron chi connectivity index (χ3n) is 8.91. The highest BCUT2D eigenvalue weighted by Crippen LogP contribution is 2.38. The summed E-state index contributed by atoms with van der Waals surface area (Å²) in [6.45, 7) is 14.0. The van der Waals surface area contributed by atoms with Crippen LogP contribution < -0.4 is 36.5 Å². The number of benzene rings is 4. The smallest absolute Gasteiger partial charge is 0.194 e. The van der Waals surface area contributed by atoms with Crippen LogP contribution in [0.15, 0.2) is 152 Å². The van der Waals surface area contributed by atoms with Crippen molar-refractivity contribution in [3.63, 3.8) is 0 Å². The highest BCUT2D eigenvalue weighted by molar-refractivity contribution is 7.80. The van der Waals surface area contributed by atoms with E-state index >= 15 is 0 Å². The molecular weight excluding hydrogens is 606 g/mol. The minimum absolute atomic E-state index is 0.0166. The maximum atomic E-state index is 2.51.